The topological polar surface area (TPSA) is 49.9 Å². The van der Waals surface area contributed by atoms with Crippen molar-refractivity contribution in [2.75, 3.05) is 13.7 Å². The van der Waals surface area contributed by atoms with E-state index in [0.29, 0.717) is 19.5 Å². The molecular weight excluding hydrogens is 352 g/mol. The zero-order valence-electron chi connectivity index (χ0n) is 16.8. The Morgan fingerprint density at radius 2 is 1.71 bits per heavy atom. The fraction of sp³-hybridized carbons (Fsp3) is 0.391. The first-order chi connectivity index (χ1) is 13.5. The van der Waals surface area contributed by atoms with Crippen LogP contribution in [-0.4, -0.2) is 47.4 Å². The van der Waals surface area contributed by atoms with E-state index in [-0.39, 0.29) is 24.5 Å². The molecule has 0 aromatic heterocycles. The lowest BCUT2D eigenvalue weighted by atomic mass is 9.94. The molecule has 148 valence electrons. The van der Waals surface area contributed by atoms with Crippen molar-refractivity contribution in [3.63, 3.8) is 0 Å². The number of ether oxygens (including phenoxy) is 1. The van der Waals surface area contributed by atoms with Gasteiger partial charge in [0.25, 0.3) is 0 Å². The largest absolute Gasteiger partial charge is 0.468 e. The predicted molar refractivity (Wildman–Crippen MR) is 108 cm³/mol. The van der Waals surface area contributed by atoms with Crippen LogP contribution in [0.4, 0.5) is 0 Å². The Morgan fingerprint density at radius 1 is 1.07 bits per heavy atom. The first-order valence-electron chi connectivity index (χ1n) is 9.71. The van der Waals surface area contributed by atoms with E-state index >= 15 is 0 Å². The lowest BCUT2D eigenvalue weighted by molar-refractivity contribution is -0.149. The number of methoxy groups -OCH3 is 1. The number of rotatable bonds is 6. The third-order valence-corrected chi connectivity index (χ3v) is 5.30. The highest BCUT2D eigenvalue weighted by atomic mass is 16.5. The van der Waals surface area contributed by atoms with Crippen molar-refractivity contribution in [2.45, 2.75) is 45.4 Å². The highest BCUT2D eigenvalue weighted by Crippen LogP contribution is 2.24. The molecule has 0 N–H and O–H groups in total. The van der Waals surface area contributed by atoms with Crippen molar-refractivity contribution >= 4 is 11.9 Å². The molecular formula is C23H28N2O3. The fourth-order valence-corrected chi connectivity index (χ4v) is 3.72. The maximum Gasteiger partial charge on any atom is 0.323 e. The zero-order valence-corrected chi connectivity index (χ0v) is 16.8. The third kappa shape index (κ3) is 4.60. The number of fused-ring (bicyclic) bond motifs is 1. The molecule has 3 rings (SSSR count). The van der Waals surface area contributed by atoms with Crippen LogP contribution >= 0.6 is 0 Å². The second-order valence-electron chi connectivity index (χ2n) is 7.52. The van der Waals surface area contributed by atoms with Crippen molar-refractivity contribution in [3.05, 3.63) is 71.3 Å². The Balaban J connectivity index is 1.78. The predicted octanol–water partition coefficient (Wildman–Crippen LogP) is 3.02. The van der Waals surface area contributed by atoms with Gasteiger partial charge in [0.15, 0.2) is 0 Å². The van der Waals surface area contributed by atoms with Crippen LogP contribution in [0.2, 0.25) is 0 Å². The molecule has 5 nitrogen and oxygen atoms in total. The van der Waals surface area contributed by atoms with Gasteiger partial charge >= 0.3 is 5.97 Å². The van der Waals surface area contributed by atoms with Gasteiger partial charge in [0.1, 0.15) is 6.04 Å². The van der Waals surface area contributed by atoms with Gasteiger partial charge in [-0.3, -0.25) is 14.5 Å². The van der Waals surface area contributed by atoms with Crippen molar-refractivity contribution in [3.8, 4) is 0 Å². The van der Waals surface area contributed by atoms with Crippen LogP contribution in [0, 0.1) is 0 Å². The molecule has 0 saturated carbocycles. The molecule has 1 unspecified atom stereocenters. The average molecular weight is 380 g/mol. The van der Waals surface area contributed by atoms with Crippen molar-refractivity contribution in [2.24, 2.45) is 0 Å². The highest BCUT2D eigenvalue weighted by molar-refractivity contribution is 5.81. The van der Waals surface area contributed by atoms with E-state index in [1.54, 1.807) is 0 Å². The quantitative estimate of drug-likeness (QED) is 0.723. The number of benzene rings is 2. The minimum atomic E-state index is -0.436. The summed E-state index contributed by atoms with van der Waals surface area (Å²) >= 11 is 0. The summed E-state index contributed by atoms with van der Waals surface area (Å²) in [5.41, 5.74) is 3.40. The molecule has 0 bridgehead atoms. The lowest BCUT2D eigenvalue weighted by Crippen LogP contribution is -2.51. The molecule has 1 aliphatic heterocycles. The fourth-order valence-electron chi connectivity index (χ4n) is 3.72. The maximum atomic E-state index is 13.2. The third-order valence-electron chi connectivity index (χ3n) is 5.30. The number of esters is 1. The molecule has 0 spiro atoms. The number of carbonyl (C=O) groups excluding carboxylic acids is 2. The molecule has 1 heterocycles. The Morgan fingerprint density at radius 3 is 2.36 bits per heavy atom. The summed E-state index contributed by atoms with van der Waals surface area (Å²) in [5.74, 6) is -0.270. The summed E-state index contributed by atoms with van der Waals surface area (Å²) < 4.78 is 5.01. The first-order valence-corrected chi connectivity index (χ1v) is 9.71. The second kappa shape index (κ2) is 9.02. The van der Waals surface area contributed by atoms with Gasteiger partial charge in [0.05, 0.1) is 13.7 Å². The van der Waals surface area contributed by atoms with E-state index in [0.717, 1.165) is 16.7 Å². The minimum Gasteiger partial charge on any atom is -0.468 e. The van der Waals surface area contributed by atoms with E-state index in [2.05, 4.69) is 6.07 Å². The Bertz CT molecular complexity index is 820. The minimum absolute atomic E-state index is 0.0205. The average Bonchev–Trinajstić information content (AvgIpc) is 2.71. The van der Waals surface area contributed by atoms with Gasteiger partial charge in [-0.05, 0) is 37.0 Å². The second-order valence-corrected chi connectivity index (χ2v) is 7.52. The zero-order chi connectivity index (χ0) is 20.1. The normalized spacial score (nSPS) is 16.5. The smallest absolute Gasteiger partial charge is 0.323 e. The Hall–Kier alpha value is -2.66. The molecule has 2 aromatic carbocycles. The van der Waals surface area contributed by atoms with E-state index in [4.69, 9.17) is 4.74 Å². The van der Waals surface area contributed by atoms with Crippen LogP contribution in [-0.2, 0) is 33.8 Å². The molecule has 0 aliphatic carbocycles. The van der Waals surface area contributed by atoms with Gasteiger partial charge in [-0.1, -0.05) is 54.6 Å². The summed E-state index contributed by atoms with van der Waals surface area (Å²) in [6.07, 6.45) is 0.566. The van der Waals surface area contributed by atoms with Gasteiger partial charge < -0.3 is 9.64 Å². The monoisotopic (exact) mass is 380 g/mol. The van der Waals surface area contributed by atoms with Gasteiger partial charge in [-0.2, -0.15) is 0 Å². The molecule has 2 aromatic rings. The standard InChI is InChI=1S/C23H28N2O3/c1-17(2)25(14-18-9-5-4-6-10-18)22(26)16-24-15-20-12-8-7-11-19(20)13-21(24)23(27)28-3/h4-12,17,21H,13-16H2,1-3H3. The van der Waals surface area contributed by atoms with Crippen LogP contribution in [0.1, 0.15) is 30.5 Å². The Labute approximate surface area is 166 Å². The van der Waals surface area contributed by atoms with Crippen LogP contribution < -0.4 is 0 Å². The Kier molecular flexibility index (Phi) is 6.47. The number of hydrogen-bond donors (Lipinski definition) is 0. The number of carbonyl (C=O) groups is 2. The number of amides is 1. The van der Waals surface area contributed by atoms with Gasteiger partial charge in [-0.15, -0.1) is 0 Å². The molecule has 28 heavy (non-hydrogen) atoms. The van der Waals surface area contributed by atoms with E-state index in [9.17, 15) is 9.59 Å². The molecule has 0 saturated heterocycles. The summed E-state index contributed by atoms with van der Waals surface area (Å²) in [7, 11) is 1.40. The van der Waals surface area contributed by atoms with Crippen molar-refractivity contribution in [1.82, 2.24) is 9.80 Å². The first kappa shape index (κ1) is 20.1. The van der Waals surface area contributed by atoms with Crippen LogP contribution in [0.15, 0.2) is 54.6 Å². The molecule has 5 heteroatoms. The molecule has 0 fully saturated rings. The summed E-state index contributed by atoms with van der Waals surface area (Å²) in [6, 6.07) is 17.7. The van der Waals surface area contributed by atoms with Gasteiger partial charge in [-0.25, -0.2) is 0 Å². The van der Waals surface area contributed by atoms with Crippen LogP contribution in [0.25, 0.3) is 0 Å². The van der Waals surface area contributed by atoms with E-state index in [1.807, 2.05) is 72.2 Å². The summed E-state index contributed by atoms with van der Waals surface area (Å²) in [4.78, 5) is 29.3. The van der Waals surface area contributed by atoms with E-state index in [1.165, 1.54) is 7.11 Å². The van der Waals surface area contributed by atoms with Gasteiger partial charge in [0.2, 0.25) is 5.91 Å². The molecule has 0 radical (unpaired) electrons. The number of hydrogen-bond acceptors (Lipinski definition) is 4. The van der Waals surface area contributed by atoms with Crippen molar-refractivity contribution in [1.29, 1.82) is 0 Å². The summed E-state index contributed by atoms with van der Waals surface area (Å²) in [6.45, 7) is 5.36. The lowest BCUT2D eigenvalue weighted by Gasteiger charge is -2.36. The SMILES string of the molecule is COC(=O)C1Cc2ccccc2CN1CC(=O)N(Cc1ccccc1)C(C)C. The molecule has 1 atom stereocenters. The van der Waals surface area contributed by atoms with Gasteiger partial charge in [0, 0.05) is 19.1 Å². The molecule has 1 aliphatic rings. The molecule has 1 amide bonds. The number of nitrogens with zero attached hydrogens (tertiary/aromatic N) is 2. The van der Waals surface area contributed by atoms with E-state index < -0.39 is 6.04 Å². The summed E-state index contributed by atoms with van der Waals surface area (Å²) in [5, 5.41) is 0. The van der Waals surface area contributed by atoms with Crippen molar-refractivity contribution < 1.29 is 14.3 Å². The van der Waals surface area contributed by atoms with Crippen LogP contribution in [0.5, 0.6) is 0 Å². The maximum absolute atomic E-state index is 13.2. The van der Waals surface area contributed by atoms with Crippen LogP contribution in [0.3, 0.4) is 0 Å². The highest BCUT2D eigenvalue weighted by Gasteiger charge is 2.34.